The molecule has 4 heterocycles. The number of aliphatic hydroxyl groups is 2. The van der Waals surface area contributed by atoms with Gasteiger partial charge in [-0.2, -0.15) is 0 Å². The minimum atomic E-state index is -1.07. The minimum Gasteiger partial charge on any atom is -0.388 e. The number of benzene rings is 2. The van der Waals surface area contributed by atoms with Crippen LogP contribution in [0.2, 0.25) is 0 Å². The molecule has 1 aliphatic rings. The highest BCUT2D eigenvalue weighted by molar-refractivity contribution is 6.04. The van der Waals surface area contributed by atoms with Crippen LogP contribution in [0.4, 0.5) is 11.5 Å². The predicted octanol–water partition coefficient (Wildman–Crippen LogP) is 3.96. The average Bonchev–Trinajstić information content (AvgIpc) is 3.54. The van der Waals surface area contributed by atoms with Crippen molar-refractivity contribution in [2.75, 3.05) is 5.32 Å². The number of aromatic nitrogens is 4. The van der Waals surface area contributed by atoms with E-state index in [9.17, 15) is 10.2 Å². The van der Waals surface area contributed by atoms with Gasteiger partial charge in [0.05, 0.1) is 11.5 Å². The number of aliphatic hydroxyl groups excluding tert-OH is 2. The SMILES string of the molecule is C[C@H]1O[C@@H](n2cc(-c3ccccc3)c3c(Nc4cccc5[nH]ccc45)ncnc32)[C@H](O)[C@@H]1O. The summed E-state index contributed by atoms with van der Waals surface area (Å²) in [7, 11) is 0. The molecule has 0 aliphatic carbocycles. The summed E-state index contributed by atoms with van der Waals surface area (Å²) in [6.07, 6.45) is 2.02. The molecule has 1 saturated heterocycles. The standard InChI is InChI=1S/C25H23N5O3/c1-14-21(31)22(32)25(33-14)30-12-17(15-6-3-2-4-7-15)20-23(27-13-28-24(20)30)29-19-9-5-8-18-16(19)10-11-26-18/h2-14,21-22,25-26,31-32H,1H3,(H,27,28,29)/t14-,21-,22-,25-/m1/s1. The van der Waals surface area contributed by atoms with Crippen LogP contribution >= 0.6 is 0 Å². The van der Waals surface area contributed by atoms with Crippen molar-refractivity contribution in [3.8, 4) is 11.1 Å². The van der Waals surface area contributed by atoms with Gasteiger partial charge in [-0.25, -0.2) is 9.97 Å². The fourth-order valence-corrected chi connectivity index (χ4v) is 4.59. The molecule has 0 amide bonds. The Morgan fingerprint density at radius 2 is 1.85 bits per heavy atom. The summed E-state index contributed by atoms with van der Waals surface area (Å²) < 4.78 is 7.70. The van der Waals surface area contributed by atoms with Gasteiger partial charge < -0.3 is 29.8 Å². The fourth-order valence-electron chi connectivity index (χ4n) is 4.59. The molecule has 4 atom stereocenters. The van der Waals surface area contributed by atoms with Crippen molar-refractivity contribution in [3.63, 3.8) is 0 Å². The molecule has 0 unspecified atom stereocenters. The highest BCUT2D eigenvalue weighted by Gasteiger charge is 2.42. The first-order valence-electron chi connectivity index (χ1n) is 10.9. The van der Waals surface area contributed by atoms with Gasteiger partial charge in [-0.15, -0.1) is 0 Å². The van der Waals surface area contributed by atoms with E-state index in [0.717, 1.165) is 33.1 Å². The van der Waals surface area contributed by atoms with Crippen LogP contribution in [0.3, 0.4) is 0 Å². The van der Waals surface area contributed by atoms with Crippen molar-refractivity contribution in [3.05, 3.63) is 73.3 Å². The molecule has 1 aliphatic heterocycles. The fraction of sp³-hybridized carbons (Fsp3) is 0.200. The lowest BCUT2D eigenvalue weighted by Gasteiger charge is -2.17. The molecule has 33 heavy (non-hydrogen) atoms. The molecule has 5 aromatic rings. The number of fused-ring (bicyclic) bond motifs is 2. The van der Waals surface area contributed by atoms with Crippen LogP contribution in [-0.2, 0) is 4.74 Å². The number of hydrogen-bond acceptors (Lipinski definition) is 6. The van der Waals surface area contributed by atoms with Gasteiger partial charge in [-0.3, -0.25) is 0 Å². The van der Waals surface area contributed by atoms with Crippen LogP contribution in [0, 0.1) is 0 Å². The number of rotatable bonds is 4. The second-order valence-corrected chi connectivity index (χ2v) is 8.32. The third-order valence-corrected chi connectivity index (χ3v) is 6.29. The first kappa shape index (κ1) is 19.9. The molecule has 1 fully saturated rings. The van der Waals surface area contributed by atoms with Crippen LogP contribution in [-0.4, -0.2) is 48.0 Å². The third-order valence-electron chi connectivity index (χ3n) is 6.29. The highest BCUT2D eigenvalue weighted by Crippen LogP contribution is 2.40. The van der Waals surface area contributed by atoms with E-state index in [4.69, 9.17) is 4.74 Å². The van der Waals surface area contributed by atoms with E-state index >= 15 is 0 Å². The normalized spacial score (nSPS) is 22.9. The van der Waals surface area contributed by atoms with Gasteiger partial charge in [-0.1, -0.05) is 36.4 Å². The minimum absolute atomic E-state index is 0.492. The van der Waals surface area contributed by atoms with E-state index in [2.05, 4.69) is 20.3 Å². The zero-order chi connectivity index (χ0) is 22.5. The topological polar surface area (TPSA) is 108 Å². The van der Waals surface area contributed by atoms with Crippen molar-refractivity contribution >= 4 is 33.4 Å². The van der Waals surface area contributed by atoms with E-state index in [0.29, 0.717) is 11.5 Å². The number of anilines is 2. The Hall–Kier alpha value is -3.72. The molecule has 4 N–H and O–H groups in total. The van der Waals surface area contributed by atoms with Gasteiger partial charge in [0, 0.05) is 34.5 Å². The predicted molar refractivity (Wildman–Crippen MR) is 126 cm³/mol. The molecule has 0 bridgehead atoms. The Morgan fingerprint density at radius 1 is 1.00 bits per heavy atom. The van der Waals surface area contributed by atoms with E-state index in [1.165, 1.54) is 6.33 Å². The molecule has 0 radical (unpaired) electrons. The molecule has 2 aromatic carbocycles. The van der Waals surface area contributed by atoms with Gasteiger partial charge in [-0.05, 0) is 30.7 Å². The van der Waals surface area contributed by atoms with Crippen molar-refractivity contribution < 1.29 is 14.9 Å². The van der Waals surface area contributed by atoms with Crippen LogP contribution in [0.25, 0.3) is 33.1 Å². The lowest BCUT2D eigenvalue weighted by Crippen LogP contribution is -2.30. The molecule has 8 heteroatoms. The number of ether oxygens (including phenoxy) is 1. The molecule has 3 aromatic heterocycles. The van der Waals surface area contributed by atoms with E-state index < -0.39 is 24.5 Å². The number of nitrogens with zero attached hydrogens (tertiary/aromatic N) is 3. The van der Waals surface area contributed by atoms with Gasteiger partial charge in [0.25, 0.3) is 0 Å². The van der Waals surface area contributed by atoms with Crippen LogP contribution in [0.1, 0.15) is 13.2 Å². The van der Waals surface area contributed by atoms with E-state index in [1.807, 2.05) is 67.0 Å². The zero-order valence-electron chi connectivity index (χ0n) is 17.9. The van der Waals surface area contributed by atoms with Crippen molar-refractivity contribution in [2.24, 2.45) is 0 Å². The highest BCUT2D eigenvalue weighted by atomic mass is 16.6. The summed E-state index contributed by atoms with van der Waals surface area (Å²) in [6, 6.07) is 18.0. The second-order valence-electron chi connectivity index (χ2n) is 8.32. The van der Waals surface area contributed by atoms with Crippen LogP contribution in [0.5, 0.6) is 0 Å². The number of nitrogens with one attached hydrogen (secondary N) is 2. The third kappa shape index (κ3) is 3.19. The molecular weight excluding hydrogens is 418 g/mol. The van der Waals surface area contributed by atoms with Crippen molar-refractivity contribution in [1.29, 1.82) is 0 Å². The number of H-pyrrole nitrogens is 1. The zero-order valence-corrected chi connectivity index (χ0v) is 17.9. The Bertz CT molecular complexity index is 1440. The first-order valence-corrected chi connectivity index (χ1v) is 10.9. The largest absolute Gasteiger partial charge is 0.388 e. The smallest absolute Gasteiger partial charge is 0.164 e. The quantitative estimate of drug-likeness (QED) is 0.336. The molecular formula is C25H23N5O3. The maximum Gasteiger partial charge on any atom is 0.164 e. The maximum absolute atomic E-state index is 10.7. The van der Waals surface area contributed by atoms with Gasteiger partial charge in [0.15, 0.2) is 6.23 Å². The summed E-state index contributed by atoms with van der Waals surface area (Å²) in [5, 5.41) is 26.3. The summed E-state index contributed by atoms with van der Waals surface area (Å²) in [6.45, 7) is 1.75. The Morgan fingerprint density at radius 3 is 2.64 bits per heavy atom. The summed E-state index contributed by atoms with van der Waals surface area (Å²) in [4.78, 5) is 12.3. The van der Waals surface area contributed by atoms with Gasteiger partial charge in [0.1, 0.15) is 30.0 Å². The summed E-state index contributed by atoms with van der Waals surface area (Å²) in [5.41, 5.74) is 4.44. The monoisotopic (exact) mass is 441 g/mol. The van der Waals surface area contributed by atoms with E-state index in [-0.39, 0.29) is 0 Å². The number of hydrogen-bond donors (Lipinski definition) is 4. The molecule has 0 saturated carbocycles. The molecule has 6 rings (SSSR count). The lowest BCUT2D eigenvalue weighted by atomic mass is 10.1. The summed E-state index contributed by atoms with van der Waals surface area (Å²) in [5.74, 6) is 0.646. The summed E-state index contributed by atoms with van der Waals surface area (Å²) >= 11 is 0. The van der Waals surface area contributed by atoms with Gasteiger partial charge in [0.2, 0.25) is 0 Å². The Balaban J connectivity index is 1.55. The molecule has 166 valence electrons. The Labute approximate surface area is 189 Å². The van der Waals surface area contributed by atoms with Crippen molar-refractivity contribution in [2.45, 2.75) is 31.5 Å². The van der Waals surface area contributed by atoms with Crippen LogP contribution < -0.4 is 5.32 Å². The van der Waals surface area contributed by atoms with Crippen LogP contribution in [0.15, 0.2) is 73.3 Å². The first-order chi connectivity index (χ1) is 16.1. The van der Waals surface area contributed by atoms with E-state index in [1.54, 1.807) is 11.5 Å². The molecule has 8 nitrogen and oxygen atoms in total. The average molecular weight is 441 g/mol. The maximum atomic E-state index is 10.7. The second kappa shape index (κ2) is 7.70. The van der Waals surface area contributed by atoms with Gasteiger partial charge >= 0.3 is 0 Å². The lowest BCUT2D eigenvalue weighted by molar-refractivity contribution is -0.0295. The molecule has 0 spiro atoms. The van der Waals surface area contributed by atoms with Crippen molar-refractivity contribution in [1.82, 2.24) is 19.5 Å². The Kier molecular flexibility index (Phi) is 4.65. The number of aromatic amines is 1.